The molecule has 0 unspecified atom stereocenters. The topological polar surface area (TPSA) is 39.1 Å². The number of nitrogens with zero attached hydrogens (tertiary/aromatic N) is 2. The molecule has 0 aliphatic carbocycles. The van der Waals surface area contributed by atoms with Crippen LogP contribution in [0.25, 0.3) is 0 Å². The quantitative estimate of drug-likeness (QED) is 0.913. The van der Waals surface area contributed by atoms with Gasteiger partial charge >= 0.3 is 0 Å². The van der Waals surface area contributed by atoms with Crippen molar-refractivity contribution in [2.45, 2.75) is 6.54 Å². The van der Waals surface area contributed by atoms with E-state index in [1.54, 1.807) is 24.1 Å². The van der Waals surface area contributed by atoms with Crippen molar-refractivity contribution >= 4 is 27.6 Å². The van der Waals surface area contributed by atoms with Crippen molar-refractivity contribution in [2.75, 3.05) is 19.0 Å². The van der Waals surface area contributed by atoms with E-state index in [1.807, 2.05) is 0 Å². The van der Waals surface area contributed by atoms with Crippen molar-refractivity contribution in [3.63, 3.8) is 0 Å². The van der Waals surface area contributed by atoms with Gasteiger partial charge in [-0.3, -0.25) is 0 Å². The predicted molar refractivity (Wildman–Crippen MR) is 71.4 cm³/mol. The lowest BCUT2D eigenvalue weighted by molar-refractivity contribution is 0.188. The highest BCUT2D eigenvalue weighted by molar-refractivity contribution is 9.10. The number of anilines is 2. The molecule has 1 N–H and O–H groups in total. The largest absolute Gasteiger partial charge is 0.383 e. The average Bonchev–Trinajstić information content (AvgIpc) is 2.78. The molecule has 0 amide bonds. The number of halogens is 3. The number of hydrogen-bond donors (Lipinski definition) is 1. The van der Waals surface area contributed by atoms with E-state index in [2.05, 4.69) is 26.2 Å². The number of methoxy groups -OCH3 is 1. The molecule has 102 valence electrons. The van der Waals surface area contributed by atoms with Gasteiger partial charge in [0.05, 0.1) is 6.61 Å². The van der Waals surface area contributed by atoms with Crippen molar-refractivity contribution in [2.24, 2.45) is 0 Å². The predicted octanol–water partition coefficient (Wildman–Crippen LogP) is 3.31. The molecule has 0 aliphatic rings. The summed E-state index contributed by atoms with van der Waals surface area (Å²) in [7, 11) is 1.58. The highest BCUT2D eigenvalue weighted by atomic mass is 79.9. The SMILES string of the molecule is COCCn1ccnc1Nc1c(F)cc(Br)cc1F. The van der Waals surface area contributed by atoms with Crippen LogP contribution in [0.4, 0.5) is 20.4 Å². The summed E-state index contributed by atoms with van der Waals surface area (Å²) >= 11 is 3.03. The first-order chi connectivity index (χ1) is 9.11. The van der Waals surface area contributed by atoms with Gasteiger partial charge in [0, 0.05) is 30.5 Å². The summed E-state index contributed by atoms with van der Waals surface area (Å²) in [5.74, 6) is -1.02. The molecule has 1 aromatic carbocycles. The first-order valence-electron chi connectivity index (χ1n) is 5.53. The summed E-state index contributed by atoms with van der Waals surface area (Å²) in [4.78, 5) is 4.02. The molecular formula is C12H12BrF2N3O. The Morgan fingerprint density at radius 2 is 2.05 bits per heavy atom. The third kappa shape index (κ3) is 3.30. The van der Waals surface area contributed by atoms with Crippen LogP contribution < -0.4 is 5.32 Å². The molecule has 0 radical (unpaired) electrons. The van der Waals surface area contributed by atoms with E-state index in [0.717, 1.165) is 0 Å². The second kappa shape index (κ2) is 6.12. The number of nitrogens with one attached hydrogen (secondary N) is 1. The lowest BCUT2D eigenvalue weighted by Gasteiger charge is -2.11. The van der Waals surface area contributed by atoms with Gasteiger partial charge in [0.2, 0.25) is 5.95 Å². The normalized spacial score (nSPS) is 10.7. The first kappa shape index (κ1) is 14.0. The number of aromatic nitrogens is 2. The Morgan fingerprint density at radius 1 is 1.37 bits per heavy atom. The highest BCUT2D eigenvalue weighted by Gasteiger charge is 2.13. The zero-order valence-corrected chi connectivity index (χ0v) is 11.7. The van der Waals surface area contributed by atoms with Crippen molar-refractivity contribution in [1.29, 1.82) is 0 Å². The van der Waals surface area contributed by atoms with Gasteiger partial charge < -0.3 is 14.6 Å². The molecule has 4 nitrogen and oxygen atoms in total. The van der Waals surface area contributed by atoms with Crippen molar-refractivity contribution in [3.8, 4) is 0 Å². The van der Waals surface area contributed by atoms with Crippen LogP contribution in [-0.2, 0) is 11.3 Å². The fourth-order valence-corrected chi connectivity index (χ4v) is 1.98. The summed E-state index contributed by atoms with van der Waals surface area (Å²) in [6.07, 6.45) is 3.25. The van der Waals surface area contributed by atoms with E-state index in [-0.39, 0.29) is 5.69 Å². The molecule has 2 aromatic rings. The monoisotopic (exact) mass is 331 g/mol. The Labute approximate surface area is 117 Å². The van der Waals surface area contributed by atoms with Gasteiger partial charge in [-0.2, -0.15) is 0 Å². The summed E-state index contributed by atoms with van der Waals surface area (Å²) < 4.78 is 34.4. The number of hydrogen-bond acceptors (Lipinski definition) is 3. The van der Waals surface area contributed by atoms with Crippen LogP contribution in [-0.4, -0.2) is 23.3 Å². The number of benzene rings is 1. The summed E-state index contributed by atoms with van der Waals surface area (Å²) in [5, 5.41) is 2.65. The maximum atomic E-state index is 13.7. The molecule has 0 saturated carbocycles. The van der Waals surface area contributed by atoms with Gasteiger partial charge in [0.15, 0.2) is 11.6 Å². The van der Waals surface area contributed by atoms with Gasteiger partial charge in [0.25, 0.3) is 0 Å². The second-order valence-electron chi connectivity index (χ2n) is 3.81. The molecule has 19 heavy (non-hydrogen) atoms. The maximum Gasteiger partial charge on any atom is 0.207 e. The maximum absolute atomic E-state index is 13.7. The van der Waals surface area contributed by atoms with Gasteiger partial charge in [-0.15, -0.1) is 0 Å². The summed E-state index contributed by atoms with van der Waals surface area (Å²) in [6.45, 7) is 1.02. The molecule has 0 aliphatic heterocycles. The fraction of sp³-hybridized carbons (Fsp3) is 0.250. The van der Waals surface area contributed by atoms with E-state index in [0.29, 0.717) is 23.6 Å². The molecule has 0 fully saturated rings. The van der Waals surface area contributed by atoms with Crippen LogP contribution in [0.1, 0.15) is 0 Å². The van der Waals surface area contributed by atoms with Crippen LogP contribution >= 0.6 is 15.9 Å². The minimum Gasteiger partial charge on any atom is -0.383 e. The molecule has 0 spiro atoms. The summed E-state index contributed by atoms with van der Waals surface area (Å²) in [6, 6.07) is 2.38. The van der Waals surface area contributed by atoms with Gasteiger partial charge in [-0.05, 0) is 12.1 Å². The molecule has 7 heteroatoms. The van der Waals surface area contributed by atoms with Crippen molar-refractivity contribution in [1.82, 2.24) is 9.55 Å². The van der Waals surface area contributed by atoms with E-state index in [1.165, 1.54) is 12.1 Å². The Balaban J connectivity index is 2.24. The van der Waals surface area contributed by atoms with Crippen LogP contribution in [0.3, 0.4) is 0 Å². The van der Waals surface area contributed by atoms with Crippen molar-refractivity contribution < 1.29 is 13.5 Å². The molecule has 1 heterocycles. The molecular weight excluding hydrogens is 320 g/mol. The second-order valence-corrected chi connectivity index (χ2v) is 4.72. The Bertz CT molecular complexity index is 551. The van der Waals surface area contributed by atoms with E-state index in [9.17, 15) is 8.78 Å². The highest BCUT2D eigenvalue weighted by Crippen LogP contribution is 2.26. The lowest BCUT2D eigenvalue weighted by atomic mass is 10.3. The number of imidazole rings is 1. The van der Waals surface area contributed by atoms with E-state index < -0.39 is 11.6 Å². The van der Waals surface area contributed by atoms with Crippen LogP contribution in [0.2, 0.25) is 0 Å². The molecule has 0 atom stereocenters. The van der Waals surface area contributed by atoms with E-state index in [4.69, 9.17) is 4.74 Å². The molecule has 1 aromatic heterocycles. The average molecular weight is 332 g/mol. The Kier molecular flexibility index (Phi) is 4.49. The number of rotatable bonds is 5. The van der Waals surface area contributed by atoms with Crippen LogP contribution in [0.5, 0.6) is 0 Å². The Morgan fingerprint density at radius 3 is 2.68 bits per heavy atom. The van der Waals surface area contributed by atoms with Crippen LogP contribution in [0.15, 0.2) is 29.0 Å². The Hall–Kier alpha value is -1.47. The van der Waals surface area contributed by atoms with Crippen molar-refractivity contribution in [3.05, 3.63) is 40.6 Å². The minimum atomic E-state index is -0.687. The lowest BCUT2D eigenvalue weighted by Crippen LogP contribution is -2.08. The minimum absolute atomic E-state index is 0.229. The third-order valence-corrected chi connectivity index (χ3v) is 2.95. The summed E-state index contributed by atoms with van der Waals surface area (Å²) in [5.41, 5.74) is -0.229. The third-order valence-electron chi connectivity index (χ3n) is 2.50. The molecule has 0 saturated heterocycles. The smallest absolute Gasteiger partial charge is 0.207 e. The van der Waals surface area contributed by atoms with Gasteiger partial charge in [0.1, 0.15) is 5.69 Å². The zero-order chi connectivity index (χ0) is 13.8. The zero-order valence-electron chi connectivity index (χ0n) is 10.2. The van der Waals surface area contributed by atoms with Gasteiger partial charge in [-0.1, -0.05) is 15.9 Å². The van der Waals surface area contributed by atoms with E-state index >= 15 is 0 Å². The number of ether oxygens (including phenoxy) is 1. The molecule has 0 bridgehead atoms. The molecule has 2 rings (SSSR count). The van der Waals surface area contributed by atoms with Crippen LogP contribution in [0, 0.1) is 11.6 Å². The standard InChI is InChI=1S/C12H12BrF2N3O/c1-19-5-4-18-3-2-16-12(18)17-11-9(14)6-8(13)7-10(11)15/h2-3,6-7H,4-5H2,1H3,(H,16,17). The first-order valence-corrected chi connectivity index (χ1v) is 6.32. The van der Waals surface area contributed by atoms with Gasteiger partial charge in [-0.25, -0.2) is 13.8 Å². The fourth-order valence-electron chi connectivity index (χ4n) is 1.58.